The van der Waals surface area contributed by atoms with Crippen LogP contribution in [0.1, 0.15) is 39.1 Å². The van der Waals surface area contributed by atoms with Crippen molar-refractivity contribution in [2.24, 2.45) is 5.41 Å². The second kappa shape index (κ2) is 5.25. The summed E-state index contributed by atoms with van der Waals surface area (Å²) >= 11 is 6.05. The number of rotatable bonds is 4. The average molecular weight is 311 g/mol. The molecular weight excluding hydrogens is 291 g/mol. The number of fused-ring (bicyclic) bond motifs is 1. The smallest absolute Gasteiger partial charge is 0.125 e. The molecule has 1 aliphatic carbocycles. The number of nitrogens with zero attached hydrogens (tertiary/aromatic N) is 2. The highest BCUT2D eigenvalue weighted by molar-refractivity contribution is 6.16. The SMILES string of the molecule is CCOC1CC(n2c(CCl)nc3cc(F)ccc32)C1(C)C. The molecule has 0 radical (unpaired) electrons. The lowest BCUT2D eigenvalue weighted by molar-refractivity contribution is -0.127. The number of hydrogen-bond acceptors (Lipinski definition) is 2. The minimum Gasteiger partial charge on any atom is -0.378 e. The second-order valence-corrected chi connectivity index (χ2v) is 6.45. The molecule has 0 spiro atoms. The van der Waals surface area contributed by atoms with Crippen LogP contribution in [-0.4, -0.2) is 22.3 Å². The van der Waals surface area contributed by atoms with Gasteiger partial charge in [-0.25, -0.2) is 9.37 Å². The number of ether oxygens (including phenoxy) is 1. The number of aromatic nitrogens is 2. The molecule has 5 heteroatoms. The van der Waals surface area contributed by atoms with E-state index in [1.54, 1.807) is 6.07 Å². The quantitative estimate of drug-likeness (QED) is 0.788. The Kier molecular flexibility index (Phi) is 3.70. The van der Waals surface area contributed by atoms with Crippen molar-refractivity contribution >= 4 is 22.6 Å². The van der Waals surface area contributed by atoms with Crippen LogP contribution in [0.2, 0.25) is 0 Å². The zero-order chi connectivity index (χ0) is 15.2. The molecule has 3 nitrogen and oxygen atoms in total. The molecule has 3 rings (SSSR count). The molecule has 0 aliphatic heterocycles. The summed E-state index contributed by atoms with van der Waals surface area (Å²) < 4.78 is 21.4. The molecule has 0 saturated heterocycles. The minimum absolute atomic E-state index is 0.0127. The predicted molar refractivity (Wildman–Crippen MR) is 82.1 cm³/mol. The molecule has 0 bridgehead atoms. The molecule has 0 N–H and O–H groups in total. The van der Waals surface area contributed by atoms with E-state index in [4.69, 9.17) is 16.3 Å². The summed E-state index contributed by atoms with van der Waals surface area (Å²) in [6, 6.07) is 5.01. The van der Waals surface area contributed by atoms with Gasteiger partial charge >= 0.3 is 0 Å². The maximum atomic E-state index is 13.4. The lowest BCUT2D eigenvalue weighted by Crippen LogP contribution is -2.51. The molecule has 1 heterocycles. The molecule has 1 aromatic carbocycles. The zero-order valence-electron chi connectivity index (χ0n) is 12.6. The Morgan fingerprint density at radius 3 is 2.86 bits per heavy atom. The maximum Gasteiger partial charge on any atom is 0.125 e. The Morgan fingerprint density at radius 2 is 2.24 bits per heavy atom. The van der Waals surface area contributed by atoms with Crippen molar-refractivity contribution in [2.75, 3.05) is 6.61 Å². The summed E-state index contributed by atoms with van der Waals surface area (Å²) in [5.74, 6) is 0.848. The summed E-state index contributed by atoms with van der Waals surface area (Å²) in [6.07, 6.45) is 1.18. The van der Waals surface area contributed by atoms with Gasteiger partial charge in [0.25, 0.3) is 0 Å². The molecule has 2 unspecified atom stereocenters. The Balaban J connectivity index is 2.05. The number of imidazole rings is 1. The summed E-state index contributed by atoms with van der Waals surface area (Å²) in [5, 5.41) is 0. The van der Waals surface area contributed by atoms with Crippen molar-refractivity contribution in [2.45, 2.75) is 45.2 Å². The Bertz CT molecular complexity index is 668. The molecule has 1 aromatic heterocycles. The lowest BCUT2D eigenvalue weighted by Gasteiger charge is -2.52. The van der Waals surface area contributed by atoms with Gasteiger partial charge in [-0.05, 0) is 25.5 Å². The summed E-state index contributed by atoms with van der Waals surface area (Å²) in [5.41, 5.74) is 1.63. The fourth-order valence-corrected chi connectivity index (χ4v) is 3.54. The summed E-state index contributed by atoms with van der Waals surface area (Å²) in [6.45, 7) is 7.14. The number of hydrogen-bond donors (Lipinski definition) is 0. The molecule has 0 amide bonds. The molecule has 2 atom stereocenters. The van der Waals surface area contributed by atoms with Gasteiger partial charge in [0.1, 0.15) is 11.6 Å². The first-order chi connectivity index (χ1) is 9.98. The maximum absolute atomic E-state index is 13.4. The third kappa shape index (κ3) is 2.25. The van der Waals surface area contributed by atoms with Crippen molar-refractivity contribution in [3.8, 4) is 0 Å². The van der Waals surface area contributed by atoms with Crippen molar-refractivity contribution in [3.63, 3.8) is 0 Å². The van der Waals surface area contributed by atoms with Gasteiger partial charge in [0.2, 0.25) is 0 Å². The topological polar surface area (TPSA) is 27.1 Å². The minimum atomic E-state index is -0.270. The van der Waals surface area contributed by atoms with E-state index >= 15 is 0 Å². The molecule has 1 aliphatic rings. The average Bonchev–Trinajstić information content (AvgIpc) is 2.80. The first-order valence-electron chi connectivity index (χ1n) is 7.33. The van der Waals surface area contributed by atoms with Crippen LogP contribution in [0.4, 0.5) is 4.39 Å². The van der Waals surface area contributed by atoms with E-state index in [1.807, 2.05) is 6.92 Å². The highest BCUT2D eigenvalue weighted by atomic mass is 35.5. The van der Waals surface area contributed by atoms with E-state index in [0.29, 0.717) is 11.4 Å². The van der Waals surface area contributed by atoms with Crippen LogP contribution >= 0.6 is 11.6 Å². The van der Waals surface area contributed by atoms with Crippen LogP contribution in [0.25, 0.3) is 11.0 Å². The van der Waals surface area contributed by atoms with E-state index in [0.717, 1.165) is 24.4 Å². The van der Waals surface area contributed by atoms with Gasteiger partial charge in [0.05, 0.1) is 23.0 Å². The highest BCUT2D eigenvalue weighted by Gasteiger charge is 2.50. The Labute approximate surface area is 129 Å². The van der Waals surface area contributed by atoms with Gasteiger partial charge in [0.15, 0.2) is 0 Å². The third-order valence-electron chi connectivity index (χ3n) is 4.65. The molecule has 1 fully saturated rings. The van der Waals surface area contributed by atoms with Gasteiger partial charge in [0, 0.05) is 24.1 Å². The molecule has 1 saturated carbocycles. The van der Waals surface area contributed by atoms with Gasteiger partial charge in [-0.2, -0.15) is 0 Å². The van der Waals surface area contributed by atoms with E-state index in [-0.39, 0.29) is 23.4 Å². The van der Waals surface area contributed by atoms with Crippen molar-refractivity contribution in [3.05, 3.63) is 29.8 Å². The molecule has 114 valence electrons. The van der Waals surface area contributed by atoms with E-state index in [2.05, 4.69) is 23.4 Å². The lowest BCUT2D eigenvalue weighted by atomic mass is 9.64. The van der Waals surface area contributed by atoms with Gasteiger partial charge in [-0.15, -0.1) is 11.6 Å². The van der Waals surface area contributed by atoms with Gasteiger partial charge in [-0.3, -0.25) is 0 Å². The normalized spacial score (nSPS) is 24.2. The van der Waals surface area contributed by atoms with Crippen LogP contribution in [0.15, 0.2) is 18.2 Å². The fraction of sp³-hybridized carbons (Fsp3) is 0.562. The third-order valence-corrected chi connectivity index (χ3v) is 4.89. The van der Waals surface area contributed by atoms with Crippen molar-refractivity contribution in [1.82, 2.24) is 9.55 Å². The summed E-state index contributed by atoms with van der Waals surface area (Å²) in [4.78, 5) is 4.48. The molecule has 2 aromatic rings. The predicted octanol–water partition coefficient (Wildman–Crippen LogP) is 4.29. The summed E-state index contributed by atoms with van der Waals surface area (Å²) in [7, 11) is 0. The number of halogens is 2. The van der Waals surface area contributed by atoms with Crippen molar-refractivity contribution in [1.29, 1.82) is 0 Å². The van der Waals surface area contributed by atoms with Crippen LogP contribution in [0.5, 0.6) is 0 Å². The standard InChI is InChI=1S/C16H20ClFN2O/c1-4-21-14-8-13(16(14,2)3)20-12-6-5-10(18)7-11(12)19-15(20)9-17/h5-7,13-14H,4,8-9H2,1-3H3. The first-order valence-corrected chi connectivity index (χ1v) is 7.86. The highest BCUT2D eigenvalue weighted by Crippen LogP contribution is 2.52. The monoisotopic (exact) mass is 310 g/mol. The van der Waals surface area contributed by atoms with E-state index in [9.17, 15) is 4.39 Å². The van der Waals surface area contributed by atoms with Gasteiger partial charge in [-0.1, -0.05) is 13.8 Å². The van der Waals surface area contributed by atoms with Crippen LogP contribution < -0.4 is 0 Å². The largest absolute Gasteiger partial charge is 0.378 e. The molecule has 21 heavy (non-hydrogen) atoms. The van der Waals surface area contributed by atoms with Crippen LogP contribution in [0, 0.1) is 11.2 Å². The number of benzene rings is 1. The number of alkyl halides is 1. The second-order valence-electron chi connectivity index (χ2n) is 6.18. The Morgan fingerprint density at radius 1 is 1.48 bits per heavy atom. The van der Waals surface area contributed by atoms with E-state index < -0.39 is 0 Å². The first kappa shape index (κ1) is 14.8. The van der Waals surface area contributed by atoms with Crippen LogP contribution in [0.3, 0.4) is 0 Å². The van der Waals surface area contributed by atoms with Crippen molar-refractivity contribution < 1.29 is 9.13 Å². The van der Waals surface area contributed by atoms with E-state index in [1.165, 1.54) is 12.1 Å². The Hall–Kier alpha value is -1.13. The molecular formula is C16H20ClFN2O. The van der Waals surface area contributed by atoms with Crippen LogP contribution in [-0.2, 0) is 10.6 Å². The van der Waals surface area contributed by atoms with Gasteiger partial charge < -0.3 is 9.30 Å². The fourth-order valence-electron chi connectivity index (χ4n) is 3.35. The zero-order valence-corrected chi connectivity index (χ0v) is 13.3.